The Hall–Kier alpha value is -2.00. The molecule has 1 saturated heterocycles. The van der Waals surface area contributed by atoms with Crippen molar-refractivity contribution < 1.29 is 24.9 Å². The van der Waals surface area contributed by atoms with E-state index in [-0.39, 0.29) is 0 Å². The number of benzene rings is 2. The largest absolute Gasteiger partial charge is 0.387 e. The van der Waals surface area contributed by atoms with Crippen LogP contribution in [0.4, 0.5) is 0 Å². The molecule has 0 radical (unpaired) electrons. The third-order valence-electron chi connectivity index (χ3n) is 5.84. The van der Waals surface area contributed by atoms with Crippen LogP contribution in [0.2, 0.25) is 0 Å². The second-order valence-corrected chi connectivity index (χ2v) is 10.1. The van der Waals surface area contributed by atoms with E-state index in [0.29, 0.717) is 5.56 Å². The maximum Gasteiger partial charge on any atom is 0.150 e. The maximum atomic E-state index is 11.1. The van der Waals surface area contributed by atoms with E-state index in [1.807, 2.05) is 43.3 Å². The number of thioether (sulfide) groups is 1. The zero-order valence-corrected chi connectivity index (χ0v) is 19.5. The first-order valence-corrected chi connectivity index (χ1v) is 12.5. The fourth-order valence-corrected chi connectivity index (χ4v) is 5.66. The molecule has 0 saturated carbocycles. The molecule has 1 fully saturated rings. The lowest BCUT2D eigenvalue weighted by Gasteiger charge is -2.40. The van der Waals surface area contributed by atoms with Gasteiger partial charge in [0.15, 0.2) is 0 Å². The smallest absolute Gasteiger partial charge is 0.150 e. The monoisotopic (exact) mass is 470 g/mol. The lowest BCUT2D eigenvalue weighted by Crippen LogP contribution is -2.52. The van der Waals surface area contributed by atoms with Crippen molar-refractivity contribution in [2.75, 3.05) is 6.26 Å². The van der Waals surface area contributed by atoms with Crippen LogP contribution in [0.1, 0.15) is 38.0 Å². The van der Waals surface area contributed by atoms with Crippen LogP contribution >= 0.6 is 23.1 Å². The Morgan fingerprint density at radius 2 is 1.84 bits per heavy atom. The molecule has 168 valence electrons. The molecule has 0 amide bonds. The Morgan fingerprint density at radius 3 is 2.59 bits per heavy atom. The van der Waals surface area contributed by atoms with Gasteiger partial charge in [-0.05, 0) is 53.6 Å². The van der Waals surface area contributed by atoms with Gasteiger partial charge in [0.25, 0.3) is 0 Å². The van der Waals surface area contributed by atoms with E-state index < -0.39 is 29.9 Å². The third kappa shape index (κ3) is 4.69. The van der Waals surface area contributed by atoms with Crippen molar-refractivity contribution in [1.82, 2.24) is 0 Å². The minimum absolute atomic E-state index is 0.606. The first-order chi connectivity index (χ1) is 15.4. The van der Waals surface area contributed by atoms with Crippen LogP contribution in [0, 0.1) is 6.92 Å². The number of hydrogen-bond acceptors (Lipinski definition) is 7. The van der Waals surface area contributed by atoms with Crippen LogP contribution in [0.25, 0.3) is 10.4 Å². The molecule has 1 aliphatic heterocycles. The minimum Gasteiger partial charge on any atom is -0.387 e. The summed E-state index contributed by atoms with van der Waals surface area (Å²) in [5.74, 6) is 0. The molecule has 5 nitrogen and oxygen atoms in total. The van der Waals surface area contributed by atoms with Crippen molar-refractivity contribution in [2.24, 2.45) is 0 Å². The number of aldehydes is 1. The van der Waals surface area contributed by atoms with Crippen LogP contribution < -0.4 is 0 Å². The molecule has 4 rings (SSSR count). The predicted octanol–water partition coefficient (Wildman–Crippen LogP) is 3.97. The Bertz CT molecular complexity index is 1090. The summed E-state index contributed by atoms with van der Waals surface area (Å²) in [6.07, 6.45) is -0.946. The molecule has 1 aliphatic rings. The highest BCUT2D eigenvalue weighted by Gasteiger charge is 2.44. The molecule has 0 spiro atoms. The molecule has 1 unspecified atom stereocenters. The van der Waals surface area contributed by atoms with Crippen LogP contribution in [-0.4, -0.2) is 51.6 Å². The summed E-state index contributed by atoms with van der Waals surface area (Å²) in [5, 5.41) is 30.9. The quantitative estimate of drug-likeness (QED) is 0.473. The highest BCUT2D eigenvalue weighted by atomic mass is 32.2. The summed E-state index contributed by atoms with van der Waals surface area (Å²) < 4.78 is 5.92. The van der Waals surface area contributed by atoms with Gasteiger partial charge in [0.05, 0.1) is 0 Å². The first-order valence-electron chi connectivity index (χ1n) is 10.4. The Labute approximate surface area is 195 Å². The van der Waals surface area contributed by atoms with Gasteiger partial charge in [-0.15, -0.1) is 23.1 Å². The molecule has 5 atom stereocenters. The van der Waals surface area contributed by atoms with Crippen molar-refractivity contribution in [2.45, 2.75) is 43.2 Å². The SMILES string of the molecule is CS[C@H]1OC(c2ccc(C)c(Cc3ccc(-c4cccc(C=O)c4)s3)c2)[C@H](O)[C@@H](O)[C@@H]1O. The van der Waals surface area contributed by atoms with Gasteiger partial charge in [0, 0.05) is 21.7 Å². The topological polar surface area (TPSA) is 87.0 Å². The number of carbonyl (C=O) groups excluding carboxylic acids is 1. The molecule has 0 bridgehead atoms. The molecule has 32 heavy (non-hydrogen) atoms. The molecule has 0 aliphatic carbocycles. The molecule has 3 aromatic rings. The normalized spacial score (nSPS) is 25.6. The number of hydrogen-bond donors (Lipinski definition) is 3. The Kier molecular flexibility index (Phi) is 7.14. The highest BCUT2D eigenvalue weighted by Crippen LogP contribution is 2.37. The van der Waals surface area contributed by atoms with Gasteiger partial charge in [-0.1, -0.05) is 36.4 Å². The summed E-state index contributed by atoms with van der Waals surface area (Å²) in [6.45, 7) is 2.04. The maximum absolute atomic E-state index is 11.1. The number of aliphatic hydroxyl groups excluding tert-OH is 3. The Balaban J connectivity index is 1.57. The second-order valence-electron chi connectivity index (χ2n) is 8.00. The van der Waals surface area contributed by atoms with Crippen LogP contribution in [-0.2, 0) is 11.2 Å². The van der Waals surface area contributed by atoms with E-state index in [4.69, 9.17) is 4.74 Å². The molecule has 7 heteroatoms. The van der Waals surface area contributed by atoms with Gasteiger partial charge >= 0.3 is 0 Å². The average Bonchev–Trinajstić information content (AvgIpc) is 3.28. The van der Waals surface area contributed by atoms with E-state index in [2.05, 4.69) is 12.1 Å². The third-order valence-corrected chi connectivity index (χ3v) is 7.83. The Morgan fingerprint density at radius 1 is 1.03 bits per heavy atom. The summed E-state index contributed by atoms with van der Waals surface area (Å²) in [4.78, 5) is 13.4. The molecule has 2 heterocycles. The number of thiophene rings is 1. The van der Waals surface area contributed by atoms with Gasteiger partial charge < -0.3 is 20.1 Å². The minimum atomic E-state index is -1.27. The van der Waals surface area contributed by atoms with E-state index in [0.717, 1.165) is 39.8 Å². The number of rotatable bonds is 6. The van der Waals surface area contributed by atoms with E-state index in [1.165, 1.54) is 16.6 Å². The van der Waals surface area contributed by atoms with Crippen molar-refractivity contribution in [3.8, 4) is 10.4 Å². The summed E-state index contributed by atoms with van der Waals surface area (Å²) in [5.41, 5.74) is 4.07. The fourth-order valence-electron chi connectivity index (χ4n) is 3.96. The number of carbonyl (C=O) groups is 1. The highest BCUT2D eigenvalue weighted by molar-refractivity contribution is 7.99. The van der Waals surface area contributed by atoms with Gasteiger partial charge in [-0.2, -0.15) is 0 Å². The lowest BCUT2D eigenvalue weighted by molar-refractivity contribution is -0.200. The molecule has 3 N–H and O–H groups in total. The van der Waals surface area contributed by atoms with Gasteiger partial charge in [-0.25, -0.2) is 0 Å². The number of aliphatic hydroxyl groups is 3. The zero-order chi connectivity index (χ0) is 22.8. The predicted molar refractivity (Wildman–Crippen MR) is 128 cm³/mol. The van der Waals surface area contributed by atoms with E-state index in [1.54, 1.807) is 23.7 Å². The standard InChI is InChI=1S/C25H26O5S2/c1-14-6-7-17(24-22(28)21(27)23(29)25(30-24)31-2)11-18(14)12-19-8-9-20(32-19)16-5-3-4-15(10-16)13-26/h3-11,13,21-25,27-29H,12H2,1-2H3/t21-,22-,23+,24?,25-/m1/s1. The van der Waals surface area contributed by atoms with E-state index >= 15 is 0 Å². The van der Waals surface area contributed by atoms with E-state index in [9.17, 15) is 20.1 Å². The lowest BCUT2D eigenvalue weighted by atomic mass is 9.92. The number of ether oxygens (including phenoxy) is 1. The number of aryl methyl sites for hydroxylation is 1. The average molecular weight is 471 g/mol. The second kappa shape index (κ2) is 9.87. The first kappa shape index (κ1) is 23.2. The summed E-state index contributed by atoms with van der Waals surface area (Å²) >= 11 is 2.99. The summed E-state index contributed by atoms with van der Waals surface area (Å²) in [6, 6.07) is 17.6. The van der Waals surface area contributed by atoms with Gasteiger partial charge in [0.2, 0.25) is 0 Å². The van der Waals surface area contributed by atoms with Gasteiger partial charge in [0.1, 0.15) is 36.1 Å². The molecule has 2 aromatic carbocycles. The van der Waals surface area contributed by atoms with Crippen LogP contribution in [0.15, 0.2) is 54.6 Å². The summed E-state index contributed by atoms with van der Waals surface area (Å²) in [7, 11) is 0. The van der Waals surface area contributed by atoms with Crippen molar-refractivity contribution in [1.29, 1.82) is 0 Å². The van der Waals surface area contributed by atoms with Gasteiger partial charge in [-0.3, -0.25) is 4.79 Å². The molecular formula is C25H26O5S2. The van der Waals surface area contributed by atoms with Crippen LogP contribution in [0.5, 0.6) is 0 Å². The van der Waals surface area contributed by atoms with Crippen LogP contribution in [0.3, 0.4) is 0 Å². The zero-order valence-electron chi connectivity index (χ0n) is 17.8. The van der Waals surface area contributed by atoms with Crippen molar-refractivity contribution in [3.05, 3.63) is 81.7 Å². The van der Waals surface area contributed by atoms with Crippen molar-refractivity contribution >= 4 is 29.4 Å². The fraction of sp³-hybridized carbons (Fsp3) is 0.320. The molecular weight excluding hydrogens is 444 g/mol. The van der Waals surface area contributed by atoms with Crippen molar-refractivity contribution in [3.63, 3.8) is 0 Å². The molecule has 1 aromatic heterocycles.